The lowest BCUT2D eigenvalue weighted by Gasteiger charge is -2.14. The molecule has 0 aliphatic carbocycles. The van der Waals surface area contributed by atoms with Crippen LogP contribution in [0.4, 0.5) is 0 Å². The Morgan fingerprint density at radius 1 is 1.45 bits per heavy atom. The Morgan fingerprint density at radius 2 is 2.23 bits per heavy atom. The number of halogens is 2. The maximum Gasteiger partial charge on any atom is 0.258 e. The SMILES string of the molecule is Cc1cc(OCC(=O)NC[C@H](O)c2ccc(Cl)cc2Cl)no1. The second kappa shape index (κ2) is 7.49. The molecular formula is C14H14Cl2N2O4. The zero-order valence-corrected chi connectivity index (χ0v) is 13.2. The molecule has 1 aromatic carbocycles. The van der Waals surface area contributed by atoms with Crippen LogP contribution in [0.15, 0.2) is 28.8 Å². The van der Waals surface area contributed by atoms with Gasteiger partial charge in [-0.05, 0) is 24.2 Å². The number of aliphatic hydroxyl groups is 1. The summed E-state index contributed by atoms with van der Waals surface area (Å²) in [5, 5.41) is 17.0. The van der Waals surface area contributed by atoms with E-state index in [4.69, 9.17) is 32.5 Å². The molecule has 22 heavy (non-hydrogen) atoms. The van der Waals surface area contributed by atoms with Crippen LogP contribution in [0.2, 0.25) is 10.0 Å². The number of hydrogen-bond acceptors (Lipinski definition) is 5. The summed E-state index contributed by atoms with van der Waals surface area (Å²) in [5.41, 5.74) is 0.486. The number of carbonyl (C=O) groups is 1. The van der Waals surface area contributed by atoms with Gasteiger partial charge in [0.1, 0.15) is 5.76 Å². The summed E-state index contributed by atoms with van der Waals surface area (Å²) < 4.78 is 9.93. The molecule has 0 saturated heterocycles. The van der Waals surface area contributed by atoms with Gasteiger partial charge in [0, 0.05) is 28.2 Å². The maximum absolute atomic E-state index is 11.6. The minimum atomic E-state index is -0.942. The highest BCUT2D eigenvalue weighted by atomic mass is 35.5. The first-order chi connectivity index (χ1) is 10.5. The Kier molecular flexibility index (Phi) is 5.65. The Morgan fingerprint density at radius 3 is 2.86 bits per heavy atom. The third-order valence-electron chi connectivity index (χ3n) is 2.77. The van der Waals surface area contributed by atoms with E-state index in [9.17, 15) is 9.90 Å². The second-order valence-electron chi connectivity index (χ2n) is 4.55. The number of hydrogen-bond donors (Lipinski definition) is 2. The predicted octanol–water partition coefficient (Wildman–Crippen LogP) is 2.52. The largest absolute Gasteiger partial charge is 0.465 e. The van der Waals surface area contributed by atoms with E-state index in [1.165, 1.54) is 6.07 Å². The summed E-state index contributed by atoms with van der Waals surface area (Å²) >= 11 is 11.8. The predicted molar refractivity (Wildman–Crippen MR) is 81.2 cm³/mol. The molecule has 0 radical (unpaired) electrons. The summed E-state index contributed by atoms with van der Waals surface area (Å²) in [4.78, 5) is 11.6. The average Bonchev–Trinajstić information content (AvgIpc) is 2.88. The molecule has 118 valence electrons. The molecule has 0 fully saturated rings. The minimum Gasteiger partial charge on any atom is -0.465 e. The number of carbonyl (C=O) groups excluding carboxylic acids is 1. The number of nitrogens with zero attached hydrogens (tertiary/aromatic N) is 1. The fourth-order valence-electron chi connectivity index (χ4n) is 1.69. The van der Waals surface area contributed by atoms with Crippen LogP contribution < -0.4 is 10.1 Å². The van der Waals surface area contributed by atoms with E-state index < -0.39 is 12.0 Å². The first-order valence-corrected chi connectivity index (χ1v) is 7.17. The molecule has 6 nitrogen and oxygen atoms in total. The number of rotatable bonds is 6. The van der Waals surface area contributed by atoms with Gasteiger partial charge in [0.25, 0.3) is 11.8 Å². The topological polar surface area (TPSA) is 84.6 Å². The minimum absolute atomic E-state index is 0.00138. The van der Waals surface area contributed by atoms with Crippen molar-refractivity contribution in [3.05, 3.63) is 45.6 Å². The van der Waals surface area contributed by atoms with Crippen molar-refractivity contribution in [2.45, 2.75) is 13.0 Å². The third-order valence-corrected chi connectivity index (χ3v) is 3.33. The molecule has 0 spiro atoms. The van der Waals surface area contributed by atoms with Crippen molar-refractivity contribution in [2.24, 2.45) is 0 Å². The van der Waals surface area contributed by atoms with Crippen molar-refractivity contribution in [2.75, 3.05) is 13.2 Å². The van der Waals surface area contributed by atoms with Crippen LogP contribution in [-0.2, 0) is 4.79 Å². The summed E-state index contributed by atoms with van der Waals surface area (Å²) in [7, 11) is 0. The van der Waals surface area contributed by atoms with Crippen LogP contribution in [0.3, 0.4) is 0 Å². The summed E-state index contributed by atoms with van der Waals surface area (Å²) in [6, 6.07) is 6.31. The van der Waals surface area contributed by atoms with Crippen molar-refractivity contribution in [1.29, 1.82) is 0 Å². The summed E-state index contributed by atoms with van der Waals surface area (Å²) in [6.07, 6.45) is -0.942. The van der Waals surface area contributed by atoms with E-state index in [0.29, 0.717) is 21.4 Å². The quantitative estimate of drug-likeness (QED) is 0.840. The van der Waals surface area contributed by atoms with Gasteiger partial charge in [-0.3, -0.25) is 4.79 Å². The summed E-state index contributed by atoms with van der Waals surface area (Å²) in [6.45, 7) is 1.49. The fraction of sp³-hybridized carbons (Fsp3) is 0.286. The second-order valence-corrected chi connectivity index (χ2v) is 5.39. The van der Waals surface area contributed by atoms with Crippen molar-refractivity contribution in [3.63, 3.8) is 0 Å². The van der Waals surface area contributed by atoms with Gasteiger partial charge in [0.15, 0.2) is 6.61 Å². The molecule has 0 bridgehead atoms. The van der Waals surface area contributed by atoms with Gasteiger partial charge in [-0.1, -0.05) is 29.3 Å². The Balaban J connectivity index is 1.80. The van der Waals surface area contributed by atoms with Gasteiger partial charge in [-0.25, -0.2) is 0 Å². The van der Waals surface area contributed by atoms with Gasteiger partial charge in [-0.2, -0.15) is 0 Å². The number of nitrogens with one attached hydrogen (secondary N) is 1. The molecule has 1 amide bonds. The number of amides is 1. The molecule has 2 N–H and O–H groups in total. The van der Waals surface area contributed by atoms with E-state index in [1.807, 2.05) is 0 Å². The van der Waals surface area contributed by atoms with Gasteiger partial charge in [0.05, 0.1) is 6.10 Å². The number of aryl methyl sites for hydroxylation is 1. The van der Waals surface area contributed by atoms with E-state index >= 15 is 0 Å². The highest BCUT2D eigenvalue weighted by Gasteiger charge is 2.14. The van der Waals surface area contributed by atoms with E-state index in [0.717, 1.165) is 0 Å². The Hall–Kier alpha value is -1.76. The molecule has 0 saturated carbocycles. The maximum atomic E-state index is 11.6. The Bertz CT molecular complexity index is 660. The molecule has 2 rings (SSSR count). The monoisotopic (exact) mass is 344 g/mol. The standard InChI is InChI=1S/C14H14Cl2N2O4/c1-8-4-14(18-22-8)21-7-13(20)17-6-12(19)10-3-2-9(15)5-11(10)16/h2-5,12,19H,6-7H2,1H3,(H,17,20)/t12-/m0/s1. The normalized spacial score (nSPS) is 12.0. The van der Waals surface area contributed by atoms with Crippen LogP contribution in [0.1, 0.15) is 17.4 Å². The van der Waals surface area contributed by atoms with Crippen LogP contribution in [0.5, 0.6) is 5.88 Å². The lowest BCUT2D eigenvalue weighted by Crippen LogP contribution is -2.32. The average molecular weight is 345 g/mol. The third kappa shape index (κ3) is 4.62. The number of aromatic nitrogens is 1. The molecule has 0 unspecified atom stereocenters. The van der Waals surface area contributed by atoms with Crippen molar-refractivity contribution in [3.8, 4) is 5.88 Å². The van der Waals surface area contributed by atoms with E-state index in [2.05, 4.69) is 10.5 Å². The highest BCUT2D eigenvalue weighted by molar-refractivity contribution is 6.35. The zero-order chi connectivity index (χ0) is 16.1. The smallest absolute Gasteiger partial charge is 0.258 e. The van der Waals surface area contributed by atoms with Crippen LogP contribution in [0, 0.1) is 6.92 Å². The molecule has 2 aromatic rings. The molecule has 1 atom stereocenters. The van der Waals surface area contributed by atoms with Crippen molar-refractivity contribution < 1.29 is 19.2 Å². The van der Waals surface area contributed by atoms with Crippen LogP contribution in [-0.4, -0.2) is 29.3 Å². The molecule has 0 aliphatic rings. The lowest BCUT2D eigenvalue weighted by atomic mass is 10.1. The van der Waals surface area contributed by atoms with Gasteiger partial charge in [-0.15, -0.1) is 0 Å². The van der Waals surface area contributed by atoms with Crippen LogP contribution >= 0.6 is 23.2 Å². The fourth-order valence-corrected chi connectivity index (χ4v) is 2.23. The highest BCUT2D eigenvalue weighted by Crippen LogP contribution is 2.25. The van der Waals surface area contributed by atoms with Gasteiger partial charge < -0.3 is 19.7 Å². The number of benzene rings is 1. The first kappa shape index (κ1) is 16.6. The lowest BCUT2D eigenvalue weighted by molar-refractivity contribution is -0.123. The van der Waals surface area contributed by atoms with Gasteiger partial charge >= 0.3 is 0 Å². The van der Waals surface area contributed by atoms with Crippen molar-refractivity contribution in [1.82, 2.24) is 10.5 Å². The molecule has 8 heteroatoms. The zero-order valence-electron chi connectivity index (χ0n) is 11.7. The van der Waals surface area contributed by atoms with Gasteiger partial charge in [0.2, 0.25) is 0 Å². The molecular weight excluding hydrogens is 331 g/mol. The molecule has 1 heterocycles. The first-order valence-electron chi connectivity index (χ1n) is 6.41. The number of aliphatic hydroxyl groups excluding tert-OH is 1. The van der Waals surface area contributed by atoms with Crippen molar-refractivity contribution >= 4 is 29.1 Å². The van der Waals surface area contributed by atoms with E-state index in [-0.39, 0.29) is 19.0 Å². The Labute approximate surface area is 137 Å². The summed E-state index contributed by atoms with van der Waals surface area (Å²) in [5.74, 6) is 0.418. The van der Waals surface area contributed by atoms with Crippen LogP contribution in [0.25, 0.3) is 0 Å². The van der Waals surface area contributed by atoms with E-state index in [1.54, 1.807) is 25.1 Å². The molecule has 1 aromatic heterocycles. The number of ether oxygens (including phenoxy) is 1. The molecule has 0 aliphatic heterocycles.